The van der Waals surface area contributed by atoms with Crippen LogP contribution in [0.5, 0.6) is 11.5 Å². The van der Waals surface area contributed by atoms with Crippen LogP contribution < -0.4 is 14.4 Å². The SMILES string of the molecule is COc1ccc(CCN(C(=O)c2ccco2)C2CC(=O)N(c3ccc(Br)cc3)C2=O)cc1OC. The molecule has 34 heavy (non-hydrogen) atoms. The number of imide groups is 1. The predicted molar refractivity (Wildman–Crippen MR) is 128 cm³/mol. The highest BCUT2D eigenvalue weighted by Crippen LogP contribution is 2.30. The van der Waals surface area contributed by atoms with Crippen LogP contribution in [0.2, 0.25) is 0 Å². The van der Waals surface area contributed by atoms with Crippen LogP contribution >= 0.6 is 15.9 Å². The maximum Gasteiger partial charge on any atom is 0.290 e. The summed E-state index contributed by atoms with van der Waals surface area (Å²) >= 11 is 3.35. The summed E-state index contributed by atoms with van der Waals surface area (Å²) in [5.74, 6) is 0.0121. The molecule has 1 aliphatic rings. The molecule has 0 N–H and O–H groups in total. The summed E-state index contributed by atoms with van der Waals surface area (Å²) in [5.41, 5.74) is 1.35. The topological polar surface area (TPSA) is 89.3 Å². The number of hydrogen-bond donors (Lipinski definition) is 0. The van der Waals surface area contributed by atoms with Crippen molar-refractivity contribution in [1.29, 1.82) is 0 Å². The number of halogens is 1. The van der Waals surface area contributed by atoms with Gasteiger partial charge < -0.3 is 18.8 Å². The Bertz CT molecular complexity index is 1190. The summed E-state index contributed by atoms with van der Waals surface area (Å²) in [6.07, 6.45) is 1.73. The lowest BCUT2D eigenvalue weighted by Gasteiger charge is -2.27. The largest absolute Gasteiger partial charge is 0.493 e. The van der Waals surface area contributed by atoms with Gasteiger partial charge in [0.1, 0.15) is 6.04 Å². The van der Waals surface area contributed by atoms with Gasteiger partial charge in [-0.2, -0.15) is 0 Å². The van der Waals surface area contributed by atoms with Crippen molar-refractivity contribution in [3.63, 3.8) is 0 Å². The quantitative estimate of drug-likeness (QED) is 0.411. The third-order valence-electron chi connectivity index (χ3n) is 5.67. The molecule has 1 aromatic heterocycles. The molecule has 9 heteroatoms. The molecule has 1 fully saturated rings. The summed E-state index contributed by atoms with van der Waals surface area (Å²) in [7, 11) is 3.11. The van der Waals surface area contributed by atoms with E-state index < -0.39 is 17.9 Å². The van der Waals surface area contributed by atoms with Crippen LogP contribution in [-0.2, 0) is 16.0 Å². The summed E-state index contributed by atoms with van der Waals surface area (Å²) in [5, 5.41) is 0. The van der Waals surface area contributed by atoms with Crippen LogP contribution in [0.4, 0.5) is 5.69 Å². The second-order valence-corrected chi connectivity index (χ2v) is 8.59. The van der Waals surface area contributed by atoms with Gasteiger partial charge in [0.05, 0.1) is 32.6 Å². The van der Waals surface area contributed by atoms with Gasteiger partial charge in [-0.15, -0.1) is 0 Å². The van der Waals surface area contributed by atoms with E-state index in [1.54, 1.807) is 56.7 Å². The number of carbonyl (C=O) groups is 3. The van der Waals surface area contributed by atoms with E-state index in [2.05, 4.69) is 15.9 Å². The lowest BCUT2D eigenvalue weighted by atomic mass is 10.1. The smallest absolute Gasteiger partial charge is 0.290 e. The molecule has 1 atom stereocenters. The highest BCUT2D eigenvalue weighted by molar-refractivity contribution is 9.10. The van der Waals surface area contributed by atoms with E-state index in [0.717, 1.165) is 14.9 Å². The summed E-state index contributed by atoms with van der Waals surface area (Å²) in [4.78, 5) is 42.0. The highest BCUT2D eigenvalue weighted by Gasteiger charge is 2.44. The van der Waals surface area contributed by atoms with Crippen LogP contribution in [-0.4, -0.2) is 49.4 Å². The Kier molecular flexibility index (Phi) is 7.02. The van der Waals surface area contributed by atoms with E-state index in [4.69, 9.17) is 13.9 Å². The van der Waals surface area contributed by atoms with Crippen molar-refractivity contribution >= 4 is 39.3 Å². The lowest BCUT2D eigenvalue weighted by molar-refractivity contribution is -0.122. The van der Waals surface area contributed by atoms with Crippen molar-refractivity contribution in [2.45, 2.75) is 18.9 Å². The van der Waals surface area contributed by atoms with Gasteiger partial charge >= 0.3 is 0 Å². The van der Waals surface area contributed by atoms with Crippen LogP contribution in [0.3, 0.4) is 0 Å². The Morgan fingerprint density at radius 1 is 1.09 bits per heavy atom. The number of furan rings is 1. The number of amides is 3. The molecular weight excluding hydrogens is 504 g/mol. The molecule has 0 bridgehead atoms. The van der Waals surface area contributed by atoms with Gasteiger partial charge in [-0.1, -0.05) is 22.0 Å². The first-order chi connectivity index (χ1) is 16.4. The molecule has 1 aliphatic heterocycles. The number of anilines is 1. The van der Waals surface area contributed by atoms with Gasteiger partial charge in [0.2, 0.25) is 5.91 Å². The third kappa shape index (κ3) is 4.70. The maximum absolute atomic E-state index is 13.3. The van der Waals surface area contributed by atoms with Crippen molar-refractivity contribution in [3.05, 3.63) is 76.7 Å². The molecule has 0 saturated carbocycles. The number of nitrogens with zero attached hydrogens (tertiary/aromatic N) is 2. The van der Waals surface area contributed by atoms with Crippen molar-refractivity contribution in [3.8, 4) is 11.5 Å². The van der Waals surface area contributed by atoms with E-state index in [1.165, 1.54) is 11.2 Å². The normalized spacial score (nSPS) is 15.5. The van der Waals surface area contributed by atoms with E-state index in [0.29, 0.717) is 23.6 Å². The molecule has 0 radical (unpaired) electrons. The fraction of sp³-hybridized carbons (Fsp3) is 0.240. The maximum atomic E-state index is 13.3. The van der Waals surface area contributed by atoms with Gasteiger partial charge in [-0.05, 0) is 60.5 Å². The minimum absolute atomic E-state index is 0.104. The van der Waals surface area contributed by atoms with Gasteiger partial charge in [0, 0.05) is 11.0 Å². The average Bonchev–Trinajstić information content (AvgIpc) is 3.48. The monoisotopic (exact) mass is 526 g/mol. The molecule has 2 heterocycles. The number of benzene rings is 2. The second kappa shape index (κ2) is 10.1. The van der Waals surface area contributed by atoms with Gasteiger partial charge in [-0.3, -0.25) is 14.4 Å². The number of carbonyl (C=O) groups excluding carboxylic acids is 3. The minimum atomic E-state index is -0.936. The van der Waals surface area contributed by atoms with E-state index in [-0.39, 0.29) is 24.6 Å². The van der Waals surface area contributed by atoms with Gasteiger partial charge in [0.15, 0.2) is 17.3 Å². The summed E-state index contributed by atoms with van der Waals surface area (Å²) in [6, 6.07) is 14.6. The fourth-order valence-corrected chi connectivity index (χ4v) is 4.21. The Morgan fingerprint density at radius 2 is 1.82 bits per heavy atom. The van der Waals surface area contributed by atoms with Crippen molar-refractivity contribution in [2.24, 2.45) is 0 Å². The Morgan fingerprint density at radius 3 is 2.47 bits per heavy atom. The molecule has 1 unspecified atom stereocenters. The Hall–Kier alpha value is -3.59. The molecule has 176 valence electrons. The number of rotatable bonds is 8. The molecule has 2 aromatic carbocycles. The first-order valence-corrected chi connectivity index (χ1v) is 11.4. The molecule has 3 amide bonds. The zero-order valence-corrected chi connectivity index (χ0v) is 20.3. The molecule has 0 aliphatic carbocycles. The Labute approximate surface area is 205 Å². The van der Waals surface area contributed by atoms with E-state index >= 15 is 0 Å². The first-order valence-electron chi connectivity index (χ1n) is 10.6. The first kappa shape index (κ1) is 23.6. The molecule has 3 aromatic rings. The third-order valence-corrected chi connectivity index (χ3v) is 6.19. The van der Waals surface area contributed by atoms with Crippen LogP contribution in [0, 0.1) is 0 Å². The minimum Gasteiger partial charge on any atom is -0.493 e. The van der Waals surface area contributed by atoms with Crippen LogP contribution in [0.25, 0.3) is 0 Å². The zero-order valence-electron chi connectivity index (χ0n) is 18.7. The highest BCUT2D eigenvalue weighted by atomic mass is 79.9. The zero-order chi connectivity index (χ0) is 24.2. The van der Waals surface area contributed by atoms with Crippen LogP contribution in [0.15, 0.2) is 69.8 Å². The summed E-state index contributed by atoms with van der Waals surface area (Å²) < 4.78 is 16.8. The molecule has 4 rings (SSSR count). The van der Waals surface area contributed by atoms with E-state index in [9.17, 15) is 14.4 Å². The number of hydrogen-bond acceptors (Lipinski definition) is 6. The van der Waals surface area contributed by atoms with Crippen molar-refractivity contribution < 1.29 is 28.3 Å². The van der Waals surface area contributed by atoms with Gasteiger partial charge in [-0.25, -0.2) is 4.90 Å². The molecule has 8 nitrogen and oxygen atoms in total. The summed E-state index contributed by atoms with van der Waals surface area (Å²) in [6.45, 7) is 0.201. The van der Waals surface area contributed by atoms with Crippen molar-refractivity contribution in [2.75, 3.05) is 25.7 Å². The molecule has 1 saturated heterocycles. The van der Waals surface area contributed by atoms with E-state index in [1.807, 2.05) is 12.1 Å². The van der Waals surface area contributed by atoms with Crippen molar-refractivity contribution in [1.82, 2.24) is 4.90 Å². The second-order valence-electron chi connectivity index (χ2n) is 7.68. The standard InChI is InChI=1S/C25H23BrN2O6/c1-32-20-10-5-16(14-22(20)33-2)11-12-27(25(31)21-4-3-13-34-21)19-15-23(29)28(24(19)30)18-8-6-17(26)7-9-18/h3-10,13-14,19H,11-12,15H2,1-2H3. The number of methoxy groups -OCH3 is 2. The molecular formula is C25H23BrN2O6. The number of ether oxygens (including phenoxy) is 2. The lowest BCUT2D eigenvalue weighted by Crippen LogP contribution is -2.46. The predicted octanol–water partition coefficient (Wildman–Crippen LogP) is 4.08. The fourth-order valence-electron chi connectivity index (χ4n) is 3.95. The average molecular weight is 527 g/mol. The Balaban J connectivity index is 1.60. The molecule has 0 spiro atoms. The van der Waals surface area contributed by atoms with Gasteiger partial charge in [0.25, 0.3) is 11.8 Å². The van der Waals surface area contributed by atoms with Crippen LogP contribution in [0.1, 0.15) is 22.5 Å².